The Morgan fingerprint density at radius 2 is 1.85 bits per heavy atom. The van der Waals surface area contributed by atoms with Crippen molar-refractivity contribution in [2.45, 2.75) is 32.8 Å². The second-order valence-corrected chi connectivity index (χ2v) is 7.42. The molecule has 1 saturated heterocycles. The molecule has 0 spiro atoms. The molecule has 1 heterocycles. The Labute approximate surface area is 156 Å². The van der Waals surface area contributed by atoms with Crippen molar-refractivity contribution >= 4 is 11.8 Å². The van der Waals surface area contributed by atoms with Crippen LogP contribution in [0.2, 0.25) is 0 Å². The highest BCUT2D eigenvalue weighted by atomic mass is 16.6. The van der Waals surface area contributed by atoms with Gasteiger partial charge >= 0.3 is 6.09 Å². The molecule has 1 amide bonds. The summed E-state index contributed by atoms with van der Waals surface area (Å²) in [6, 6.07) is 5.38. The van der Waals surface area contributed by atoms with Crippen LogP contribution in [0.25, 0.3) is 0 Å². The Hall–Kier alpha value is -2.15. The highest BCUT2D eigenvalue weighted by molar-refractivity contribution is 5.68. The van der Waals surface area contributed by atoms with E-state index in [1.807, 2.05) is 26.8 Å². The molecule has 7 heteroatoms. The van der Waals surface area contributed by atoms with E-state index in [9.17, 15) is 4.79 Å². The topological polar surface area (TPSA) is 77.3 Å². The van der Waals surface area contributed by atoms with Crippen molar-refractivity contribution in [1.82, 2.24) is 9.80 Å². The van der Waals surface area contributed by atoms with Crippen LogP contribution >= 0.6 is 0 Å². The van der Waals surface area contributed by atoms with E-state index in [4.69, 9.17) is 19.9 Å². The van der Waals surface area contributed by atoms with E-state index in [2.05, 4.69) is 4.90 Å². The molecule has 1 aromatic carbocycles. The Kier molecular flexibility index (Phi) is 6.97. The molecule has 2 N–H and O–H groups in total. The number of amides is 1. The second-order valence-electron chi connectivity index (χ2n) is 7.42. The van der Waals surface area contributed by atoms with Gasteiger partial charge in [0.15, 0.2) is 11.5 Å². The number of carbonyl (C=O) groups is 1. The van der Waals surface area contributed by atoms with Gasteiger partial charge in [-0.25, -0.2) is 4.79 Å². The number of methoxy groups -OCH3 is 1. The van der Waals surface area contributed by atoms with Crippen LogP contribution in [0.15, 0.2) is 18.2 Å². The Morgan fingerprint density at radius 1 is 1.15 bits per heavy atom. The van der Waals surface area contributed by atoms with Crippen molar-refractivity contribution in [2.24, 2.45) is 0 Å². The third-order valence-electron chi connectivity index (χ3n) is 4.09. The molecule has 1 aliphatic heterocycles. The van der Waals surface area contributed by atoms with Crippen LogP contribution in [0.3, 0.4) is 0 Å². The normalized spacial score (nSPS) is 15.6. The average molecular weight is 365 g/mol. The lowest BCUT2D eigenvalue weighted by Gasteiger charge is -2.35. The van der Waals surface area contributed by atoms with Gasteiger partial charge in [-0.05, 0) is 39.3 Å². The molecule has 0 aromatic heterocycles. The molecular weight excluding hydrogens is 334 g/mol. The third kappa shape index (κ3) is 6.29. The van der Waals surface area contributed by atoms with Gasteiger partial charge in [-0.3, -0.25) is 4.90 Å². The van der Waals surface area contributed by atoms with Gasteiger partial charge in [0.2, 0.25) is 0 Å². The fraction of sp³-hybridized carbons (Fsp3) is 0.632. The maximum Gasteiger partial charge on any atom is 0.410 e. The standard InChI is InChI=1S/C19H31N3O4/c1-19(2,3)26-18(23)22-11-9-21(10-12-22)8-5-13-25-16-7-6-15(20)14-17(16)24-4/h6-7,14H,5,8-13,20H2,1-4H3. The maximum absolute atomic E-state index is 12.1. The van der Waals surface area contributed by atoms with Gasteiger partial charge in [-0.1, -0.05) is 0 Å². The summed E-state index contributed by atoms with van der Waals surface area (Å²) in [5.74, 6) is 1.35. The lowest BCUT2D eigenvalue weighted by atomic mass is 10.2. The maximum atomic E-state index is 12.1. The number of hydrogen-bond acceptors (Lipinski definition) is 6. The van der Waals surface area contributed by atoms with E-state index in [0.29, 0.717) is 36.9 Å². The van der Waals surface area contributed by atoms with E-state index in [0.717, 1.165) is 26.1 Å². The van der Waals surface area contributed by atoms with E-state index < -0.39 is 5.60 Å². The molecule has 1 aromatic rings. The first-order valence-electron chi connectivity index (χ1n) is 9.05. The van der Waals surface area contributed by atoms with Crippen molar-refractivity contribution < 1.29 is 19.0 Å². The minimum Gasteiger partial charge on any atom is -0.493 e. The van der Waals surface area contributed by atoms with Gasteiger partial charge in [0.25, 0.3) is 0 Å². The lowest BCUT2D eigenvalue weighted by molar-refractivity contribution is 0.0142. The van der Waals surface area contributed by atoms with E-state index >= 15 is 0 Å². The minimum absolute atomic E-state index is 0.226. The quantitative estimate of drug-likeness (QED) is 0.617. The predicted octanol–water partition coefficient (Wildman–Crippen LogP) is 2.60. The number of ether oxygens (including phenoxy) is 3. The van der Waals surface area contributed by atoms with Gasteiger partial charge < -0.3 is 24.8 Å². The van der Waals surface area contributed by atoms with Crippen molar-refractivity contribution in [3.8, 4) is 11.5 Å². The van der Waals surface area contributed by atoms with E-state index in [1.54, 1.807) is 24.1 Å². The second kappa shape index (κ2) is 8.98. The number of nitrogen functional groups attached to an aromatic ring is 1. The van der Waals surface area contributed by atoms with Crippen molar-refractivity contribution in [3.05, 3.63) is 18.2 Å². The molecule has 0 radical (unpaired) electrons. The van der Waals surface area contributed by atoms with Crippen LogP contribution in [0, 0.1) is 0 Å². The number of piperazine rings is 1. The molecule has 0 unspecified atom stereocenters. The van der Waals surface area contributed by atoms with Crippen molar-refractivity contribution in [1.29, 1.82) is 0 Å². The summed E-state index contributed by atoms with van der Waals surface area (Å²) in [5.41, 5.74) is 5.94. The molecule has 146 valence electrons. The molecule has 7 nitrogen and oxygen atoms in total. The lowest BCUT2D eigenvalue weighted by Crippen LogP contribution is -2.50. The molecule has 26 heavy (non-hydrogen) atoms. The average Bonchev–Trinajstić information content (AvgIpc) is 2.58. The van der Waals surface area contributed by atoms with Crippen LogP contribution in [-0.4, -0.2) is 67.9 Å². The molecule has 0 atom stereocenters. The summed E-state index contributed by atoms with van der Waals surface area (Å²) in [6.45, 7) is 10.3. The van der Waals surface area contributed by atoms with Gasteiger partial charge in [0.05, 0.1) is 13.7 Å². The number of benzene rings is 1. The van der Waals surface area contributed by atoms with Crippen LogP contribution in [0.5, 0.6) is 11.5 Å². The Morgan fingerprint density at radius 3 is 2.46 bits per heavy atom. The Bertz CT molecular complexity index is 593. The number of nitrogens with zero attached hydrogens (tertiary/aromatic N) is 2. The first kappa shape index (κ1) is 20.2. The molecule has 2 rings (SSSR count). The predicted molar refractivity (Wildman–Crippen MR) is 102 cm³/mol. The number of nitrogens with two attached hydrogens (primary N) is 1. The monoisotopic (exact) mass is 365 g/mol. The fourth-order valence-electron chi connectivity index (χ4n) is 2.75. The number of hydrogen-bond donors (Lipinski definition) is 1. The van der Waals surface area contributed by atoms with Gasteiger partial charge in [-0.2, -0.15) is 0 Å². The number of carbonyl (C=O) groups excluding carboxylic acids is 1. The van der Waals surface area contributed by atoms with E-state index in [1.165, 1.54) is 0 Å². The third-order valence-corrected chi connectivity index (χ3v) is 4.09. The molecule has 0 bridgehead atoms. The highest BCUT2D eigenvalue weighted by Crippen LogP contribution is 2.29. The zero-order valence-corrected chi connectivity index (χ0v) is 16.3. The van der Waals surface area contributed by atoms with Gasteiger partial charge in [0.1, 0.15) is 5.60 Å². The molecule has 0 saturated carbocycles. The van der Waals surface area contributed by atoms with E-state index in [-0.39, 0.29) is 6.09 Å². The zero-order valence-electron chi connectivity index (χ0n) is 16.3. The van der Waals surface area contributed by atoms with Crippen LogP contribution < -0.4 is 15.2 Å². The summed E-state index contributed by atoms with van der Waals surface area (Å²) in [4.78, 5) is 16.2. The summed E-state index contributed by atoms with van der Waals surface area (Å²) < 4.78 is 16.5. The summed E-state index contributed by atoms with van der Waals surface area (Å²) in [7, 11) is 1.60. The highest BCUT2D eigenvalue weighted by Gasteiger charge is 2.25. The number of anilines is 1. The first-order chi connectivity index (χ1) is 12.3. The Balaban J connectivity index is 1.67. The molecular formula is C19H31N3O4. The summed E-state index contributed by atoms with van der Waals surface area (Å²) in [6.07, 6.45) is 0.677. The molecule has 0 aliphatic carbocycles. The van der Waals surface area contributed by atoms with Crippen molar-refractivity contribution in [3.63, 3.8) is 0 Å². The van der Waals surface area contributed by atoms with Crippen LogP contribution in [0.1, 0.15) is 27.2 Å². The fourth-order valence-corrected chi connectivity index (χ4v) is 2.75. The largest absolute Gasteiger partial charge is 0.493 e. The van der Waals surface area contributed by atoms with Crippen LogP contribution in [0.4, 0.5) is 10.5 Å². The minimum atomic E-state index is -0.450. The van der Waals surface area contributed by atoms with Gasteiger partial charge in [-0.15, -0.1) is 0 Å². The first-order valence-corrected chi connectivity index (χ1v) is 9.05. The smallest absolute Gasteiger partial charge is 0.410 e. The van der Waals surface area contributed by atoms with Gasteiger partial charge in [0, 0.05) is 44.5 Å². The molecule has 1 aliphatic rings. The summed E-state index contributed by atoms with van der Waals surface area (Å²) in [5, 5.41) is 0. The van der Waals surface area contributed by atoms with Crippen LogP contribution in [-0.2, 0) is 4.74 Å². The number of rotatable bonds is 6. The SMILES string of the molecule is COc1cc(N)ccc1OCCCN1CCN(C(=O)OC(C)(C)C)CC1. The summed E-state index contributed by atoms with van der Waals surface area (Å²) >= 11 is 0. The van der Waals surface area contributed by atoms with Crippen molar-refractivity contribution in [2.75, 3.05) is 52.2 Å². The zero-order chi connectivity index (χ0) is 19.2. The molecule has 1 fully saturated rings.